The third-order valence-corrected chi connectivity index (χ3v) is 4.11. The van der Waals surface area contributed by atoms with Gasteiger partial charge in [-0.15, -0.1) is 0 Å². The van der Waals surface area contributed by atoms with Crippen molar-refractivity contribution in [1.82, 2.24) is 30.1 Å². The first kappa shape index (κ1) is 16.5. The number of urea groups is 1. The van der Waals surface area contributed by atoms with Gasteiger partial charge in [-0.1, -0.05) is 5.16 Å². The number of piperazine rings is 1. The molecular weight excluding hydrogens is 308 g/mol. The molecule has 0 unspecified atom stereocenters. The highest BCUT2D eigenvalue weighted by molar-refractivity contribution is 5.74. The number of nitrogens with one attached hydrogen (secondary N) is 1. The Labute approximate surface area is 141 Å². The van der Waals surface area contributed by atoms with Crippen LogP contribution in [-0.4, -0.2) is 63.0 Å². The van der Waals surface area contributed by atoms with Crippen LogP contribution in [0.2, 0.25) is 0 Å². The smallest absolute Gasteiger partial charge is 0.317 e. The van der Waals surface area contributed by atoms with E-state index in [2.05, 4.69) is 20.5 Å². The van der Waals surface area contributed by atoms with Crippen molar-refractivity contribution in [3.8, 4) is 0 Å². The van der Waals surface area contributed by atoms with Crippen molar-refractivity contribution in [1.29, 1.82) is 0 Å². The van der Waals surface area contributed by atoms with Gasteiger partial charge in [0.15, 0.2) is 5.76 Å². The number of amides is 2. The number of aryl methyl sites for hydroxylation is 1. The summed E-state index contributed by atoms with van der Waals surface area (Å²) in [5.41, 5.74) is 0.897. The predicted molar refractivity (Wildman–Crippen MR) is 88.3 cm³/mol. The van der Waals surface area contributed by atoms with Crippen LogP contribution in [0.4, 0.5) is 4.79 Å². The Balaban J connectivity index is 1.41. The summed E-state index contributed by atoms with van der Waals surface area (Å²) >= 11 is 0. The molecule has 0 aliphatic carbocycles. The van der Waals surface area contributed by atoms with Crippen molar-refractivity contribution in [2.75, 3.05) is 26.2 Å². The first-order valence-corrected chi connectivity index (χ1v) is 8.27. The van der Waals surface area contributed by atoms with E-state index in [1.54, 1.807) is 6.20 Å². The monoisotopic (exact) mass is 332 g/mol. The van der Waals surface area contributed by atoms with Gasteiger partial charge < -0.3 is 14.7 Å². The number of carbonyl (C=O) groups is 1. The van der Waals surface area contributed by atoms with E-state index in [-0.39, 0.29) is 12.1 Å². The minimum Gasteiger partial charge on any atom is -0.360 e. The minimum atomic E-state index is -0.00943. The standard InChI is InChI=1S/C16H24N6O2/c1-13-10-15(24-19-13)12-20-6-8-21(9-7-20)16(23)18-14(2)11-22-5-3-4-17-22/h3-5,10,14H,6-9,11-12H2,1-2H3,(H,18,23)/t14-/m0/s1. The number of carbonyl (C=O) groups excluding carboxylic acids is 1. The number of hydrogen-bond acceptors (Lipinski definition) is 5. The van der Waals surface area contributed by atoms with E-state index < -0.39 is 0 Å². The summed E-state index contributed by atoms with van der Waals surface area (Å²) in [5, 5.41) is 11.1. The largest absolute Gasteiger partial charge is 0.360 e. The van der Waals surface area contributed by atoms with Gasteiger partial charge in [-0.3, -0.25) is 9.58 Å². The molecule has 1 atom stereocenters. The molecule has 0 bridgehead atoms. The Hall–Kier alpha value is -2.35. The summed E-state index contributed by atoms with van der Waals surface area (Å²) in [6.45, 7) is 8.42. The number of rotatable bonds is 5. The molecule has 2 aromatic heterocycles. The van der Waals surface area contributed by atoms with E-state index in [4.69, 9.17) is 4.52 Å². The Morgan fingerprint density at radius 3 is 2.79 bits per heavy atom. The molecule has 0 saturated carbocycles. The minimum absolute atomic E-state index is 0.00943. The zero-order valence-corrected chi connectivity index (χ0v) is 14.2. The summed E-state index contributed by atoms with van der Waals surface area (Å²) in [4.78, 5) is 16.5. The topological polar surface area (TPSA) is 79.4 Å². The van der Waals surface area contributed by atoms with Crippen LogP contribution >= 0.6 is 0 Å². The zero-order valence-electron chi connectivity index (χ0n) is 14.2. The molecule has 8 heteroatoms. The third-order valence-electron chi connectivity index (χ3n) is 4.11. The molecule has 1 aliphatic heterocycles. The first-order valence-electron chi connectivity index (χ1n) is 8.27. The van der Waals surface area contributed by atoms with Crippen LogP contribution < -0.4 is 5.32 Å². The quantitative estimate of drug-likeness (QED) is 0.887. The fourth-order valence-corrected chi connectivity index (χ4v) is 2.86. The summed E-state index contributed by atoms with van der Waals surface area (Å²) < 4.78 is 7.07. The number of nitrogens with zero attached hydrogens (tertiary/aromatic N) is 5. The summed E-state index contributed by atoms with van der Waals surface area (Å²) in [6, 6.07) is 3.86. The summed E-state index contributed by atoms with van der Waals surface area (Å²) in [7, 11) is 0. The molecule has 24 heavy (non-hydrogen) atoms. The second-order valence-electron chi connectivity index (χ2n) is 6.28. The van der Waals surface area contributed by atoms with Crippen LogP contribution in [0.5, 0.6) is 0 Å². The molecule has 2 amide bonds. The maximum absolute atomic E-state index is 12.3. The van der Waals surface area contributed by atoms with Crippen molar-refractivity contribution in [3.05, 3.63) is 36.0 Å². The lowest BCUT2D eigenvalue weighted by atomic mass is 10.3. The summed E-state index contributed by atoms with van der Waals surface area (Å²) in [5.74, 6) is 0.873. The van der Waals surface area contributed by atoms with Crippen LogP contribution in [0.3, 0.4) is 0 Å². The Bertz CT molecular complexity index is 645. The van der Waals surface area contributed by atoms with E-state index in [1.807, 2.05) is 41.8 Å². The second kappa shape index (κ2) is 7.48. The molecule has 1 fully saturated rings. The lowest BCUT2D eigenvalue weighted by molar-refractivity contribution is 0.126. The van der Waals surface area contributed by atoms with E-state index in [9.17, 15) is 4.79 Å². The molecule has 8 nitrogen and oxygen atoms in total. The highest BCUT2D eigenvalue weighted by Gasteiger charge is 2.22. The van der Waals surface area contributed by atoms with E-state index in [0.29, 0.717) is 19.6 Å². The molecule has 1 saturated heterocycles. The molecule has 0 radical (unpaired) electrons. The predicted octanol–water partition coefficient (Wildman–Crippen LogP) is 1.10. The SMILES string of the molecule is Cc1cc(CN2CCN(C(=O)N[C@@H](C)Cn3cccn3)CC2)on1. The zero-order chi connectivity index (χ0) is 16.9. The maximum atomic E-state index is 12.3. The molecule has 0 spiro atoms. The van der Waals surface area contributed by atoms with E-state index in [1.165, 1.54) is 0 Å². The average Bonchev–Trinajstić information content (AvgIpc) is 3.20. The highest BCUT2D eigenvalue weighted by atomic mass is 16.5. The average molecular weight is 332 g/mol. The number of aromatic nitrogens is 3. The molecule has 2 aromatic rings. The van der Waals surface area contributed by atoms with E-state index in [0.717, 1.165) is 31.1 Å². The molecule has 130 valence electrons. The van der Waals surface area contributed by atoms with Crippen molar-refractivity contribution in [2.45, 2.75) is 33.0 Å². The normalized spacial score (nSPS) is 17.0. The van der Waals surface area contributed by atoms with Gasteiger partial charge in [-0.2, -0.15) is 5.10 Å². The maximum Gasteiger partial charge on any atom is 0.317 e. The van der Waals surface area contributed by atoms with E-state index >= 15 is 0 Å². The van der Waals surface area contributed by atoms with Gasteiger partial charge in [0, 0.05) is 50.7 Å². The van der Waals surface area contributed by atoms with Crippen LogP contribution in [0.1, 0.15) is 18.4 Å². The first-order chi connectivity index (χ1) is 11.6. The highest BCUT2D eigenvalue weighted by Crippen LogP contribution is 2.10. The van der Waals surface area contributed by atoms with Gasteiger partial charge in [-0.25, -0.2) is 4.79 Å². The Kier molecular flexibility index (Phi) is 5.14. The molecule has 3 heterocycles. The fourth-order valence-electron chi connectivity index (χ4n) is 2.86. The summed E-state index contributed by atoms with van der Waals surface area (Å²) in [6.07, 6.45) is 3.64. The van der Waals surface area contributed by atoms with Gasteiger partial charge in [0.05, 0.1) is 18.8 Å². The van der Waals surface area contributed by atoms with Gasteiger partial charge in [0.2, 0.25) is 0 Å². The van der Waals surface area contributed by atoms with Crippen molar-refractivity contribution in [3.63, 3.8) is 0 Å². The van der Waals surface area contributed by atoms with Crippen molar-refractivity contribution < 1.29 is 9.32 Å². The molecule has 3 rings (SSSR count). The fraction of sp³-hybridized carbons (Fsp3) is 0.562. The molecular formula is C16H24N6O2. The second-order valence-corrected chi connectivity index (χ2v) is 6.28. The number of hydrogen-bond donors (Lipinski definition) is 1. The van der Waals surface area contributed by atoms with Crippen molar-refractivity contribution >= 4 is 6.03 Å². The van der Waals surface area contributed by atoms with Gasteiger partial charge in [0.1, 0.15) is 0 Å². The van der Waals surface area contributed by atoms with Crippen LogP contribution in [0.15, 0.2) is 29.0 Å². The Morgan fingerprint density at radius 2 is 2.17 bits per heavy atom. The molecule has 1 N–H and O–H groups in total. The molecule has 0 aromatic carbocycles. The van der Waals surface area contributed by atoms with Crippen LogP contribution in [-0.2, 0) is 13.1 Å². The van der Waals surface area contributed by atoms with Crippen molar-refractivity contribution in [2.24, 2.45) is 0 Å². The lowest BCUT2D eigenvalue weighted by Gasteiger charge is -2.34. The van der Waals surface area contributed by atoms with Gasteiger partial charge in [-0.05, 0) is 19.9 Å². The lowest BCUT2D eigenvalue weighted by Crippen LogP contribution is -2.53. The van der Waals surface area contributed by atoms with Crippen LogP contribution in [0, 0.1) is 6.92 Å². The Morgan fingerprint density at radius 1 is 1.38 bits per heavy atom. The third kappa shape index (κ3) is 4.35. The van der Waals surface area contributed by atoms with Gasteiger partial charge in [0.25, 0.3) is 0 Å². The van der Waals surface area contributed by atoms with Gasteiger partial charge >= 0.3 is 6.03 Å². The van der Waals surface area contributed by atoms with Crippen LogP contribution in [0.25, 0.3) is 0 Å². The molecule has 1 aliphatic rings.